The van der Waals surface area contributed by atoms with Crippen LogP contribution in [0.25, 0.3) is 0 Å². The molecule has 0 bridgehead atoms. The van der Waals surface area contributed by atoms with Crippen LogP contribution in [-0.2, 0) is 11.3 Å². The molecule has 0 aliphatic carbocycles. The SMILES string of the molecule is CN=C(NCc1ccco1)NCC1CN2CCCC2CO1. The third-order valence-electron chi connectivity index (χ3n) is 4.19. The van der Waals surface area contributed by atoms with Crippen LogP contribution in [0.1, 0.15) is 18.6 Å². The Morgan fingerprint density at radius 2 is 2.43 bits per heavy atom. The minimum atomic E-state index is 0.238. The fourth-order valence-corrected chi connectivity index (χ4v) is 3.02. The Morgan fingerprint density at radius 3 is 3.24 bits per heavy atom. The van der Waals surface area contributed by atoms with Crippen molar-refractivity contribution in [3.63, 3.8) is 0 Å². The lowest BCUT2D eigenvalue weighted by molar-refractivity contribution is -0.0453. The molecule has 6 nitrogen and oxygen atoms in total. The molecule has 116 valence electrons. The zero-order valence-corrected chi connectivity index (χ0v) is 12.5. The number of ether oxygens (including phenoxy) is 1. The topological polar surface area (TPSA) is 62.0 Å². The van der Waals surface area contributed by atoms with Crippen molar-refractivity contribution in [3.8, 4) is 0 Å². The fourth-order valence-electron chi connectivity index (χ4n) is 3.02. The van der Waals surface area contributed by atoms with Crippen LogP contribution in [0.3, 0.4) is 0 Å². The highest BCUT2D eigenvalue weighted by Crippen LogP contribution is 2.22. The number of hydrogen-bond acceptors (Lipinski definition) is 4. The predicted molar refractivity (Wildman–Crippen MR) is 81.2 cm³/mol. The molecule has 1 aromatic heterocycles. The molecule has 0 aromatic carbocycles. The van der Waals surface area contributed by atoms with Gasteiger partial charge in [-0.2, -0.15) is 0 Å². The number of morpholine rings is 1. The normalized spacial score (nSPS) is 26.6. The number of nitrogens with one attached hydrogen (secondary N) is 2. The quantitative estimate of drug-likeness (QED) is 0.635. The molecular weight excluding hydrogens is 268 g/mol. The molecular formula is C15H24N4O2. The standard InChI is InChI=1S/C15H24N4O2/c1-16-15(17-8-13-5-3-7-20-13)18-9-14-10-19-6-2-4-12(19)11-21-14/h3,5,7,12,14H,2,4,6,8-11H2,1H3,(H2,16,17,18). The maximum atomic E-state index is 5.93. The van der Waals surface area contributed by atoms with Crippen molar-refractivity contribution in [2.45, 2.75) is 31.5 Å². The molecule has 3 rings (SSSR count). The Kier molecular flexibility index (Phi) is 4.77. The highest BCUT2D eigenvalue weighted by Gasteiger charge is 2.32. The number of fused-ring (bicyclic) bond motifs is 1. The molecule has 2 aliphatic heterocycles. The molecule has 2 N–H and O–H groups in total. The van der Waals surface area contributed by atoms with Crippen molar-refractivity contribution in [1.29, 1.82) is 0 Å². The molecule has 0 saturated carbocycles. The van der Waals surface area contributed by atoms with Gasteiger partial charge in [0.1, 0.15) is 5.76 Å². The van der Waals surface area contributed by atoms with E-state index in [0.29, 0.717) is 12.6 Å². The summed E-state index contributed by atoms with van der Waals surface area (Å²) in [7, 11) is 1.77. The number of nitrogens with zero attached hydrogens (tertiary/aromatic N) is 2. The lowest BCUT2D eigenvalue weighted by atomic mass is 10.2. The summed E-state index contributed by atoms with van der Waals surface area (Å²) in [5.74, 6) is 1.67. The minimum absolute atomic E-state index is 0.238. The highest BCUT2D eigenvalue weighted by atomic mass is 16.5. The summed E-state index contributed by atoms with van der Waals surface area (Å²) in [6.45, 7) is 4.51. The molecule has 2 aliphatic rings. The maximum Gasteiger partial charge on any atom is 0.191 e. The van der Waals surface area contributed by atoms with Gasteiger partial charge in [0.2, 0.25) is 0 Å². The molecule has 2 atom stereocenters. The summed E-state index contributed by atoms with van der Waals surface area (Å²) >= 11 is 0. The van der Waals surface area contributed by atoms with Crippen LogP contribution in [0.4, 0.5) is 0 Å². The second kappa shape index (κ2) is 6.95. The van der Waals surface area contributed by atoms with Crippen molar-refractivity contribution in [2.24, 2.45) is 4.99 Å². The van der Waals surface area contributed by atoms with Crippen LogP contribution in [0.5, 0.6) is 0 Å². The van der Waals surface area contributed by atoms with Gasteiger partial charge in [-0.15, -0.1) is 0 Å². The highest BCUT2D eigenvalue weighted by molar-refractivity contribution is 5.79. The molecule has 0 spiro atoms. The monoisotopic (exact) mass is 292 g/mol. The second-order valence-electron chi connectivity index (χ2n) is 5.63. The Hall–Kier alpha value is -1.53. The van der Waals surface area contributed by atoms with Crippen molar-refractivity contribution in [2.75, 3.05) is 33.3 Å². The lowest BCUT2D eigenvalue weighted by Crippen LogP contribution is -2.51. The smallest absolute Gasteiger partial charge is 0.191 e. The number of furan rings is 1. The molecule has 6 heteroatoms. The van der Waals surface area contributed by atoms with Crippen molar-refractivity contribution >= 4 is 5.96 Å². The first-order valence-corrected chi connectivity index (χ1v) is 7.67. The van der Waals surface area contributed by atoms with Gasteiger partial charge in [0.15, 0.2) is 5.96 Å². The van der Waals surface area contributed by atoms with Crippen LogP contribution in [-0.4, -0.2) is 56.3 Å². The summed E-state index contributed by atoms with van der Waals surface area (Å²) < 4.78 is 11.2. The van der Waals surface area contributed by atoms with Gasteiger partial charge in [-0.05, 0) is 31.5 Å². The first kappa shape index (κ1) is 14.4. The van der Waals surface area contributed by atoms with E-state index in [4.69, 9.17) is 9.15 Å². The second-order valence-corrected chi connectivity index (χ2v) is 5.63. The third kappa shape index (κ3) is 3.77. The number of rotatable bonds is 4. The van der Waals surface area contributed by atoms with E-state index >= 15 is 0 Å². The van der Waals surface area contributed by atoms with E-state index in [-0.39, 0.29) is 6.10 Å². The van der Waals surface area contributed by atoms with Crippen LogP contribution in [0.15, 0.2) is 27.8 Å². The lowest BCUT2D eigenvalue weighted by Gasteiger charge is -2.35. The maximum absolute atomic E-state index is 5.93. The van der Waals surface area contributed by atoms with Gasteiger partial charge in [0.25, 0.3) is 0 Å². The van der Waals surface area contributed by atoms with E-state index in [1.54, 1.807) is 13.3 Å². The first-order chi connectivity index (χ1) is 10.3. The molecule has 2 unspecified atom stereocenters. The number of guanidine groups is 1. The van der Waals surface area contributed by atoms with Gasteiger partial charge in [-0.3, -0.25) is 9.89 Å². The fraction of sp³-hybridized carbons (Fsp3) is 0.667. The molecule has 1 aromatic rings. The zero-order valence-electron chi connectivity index (χ0n) is 12.5. The molecule has 21 heavy (non-hydrogen) atoms. The number of aliphatic imine (C=N–C) groups is 1. The summed E-state index contributed by atoms with van der Waals surface area (Å²) in [5.41, 5.74) is 0. The molecule has 2 saturated heterocycles. The van der Waals surface area contributed by atoms with Gasteiger partial charge in [0, 0.05) is 26.2 Å². The Morgan fingerprint density at radius 1 is 1.48 bits per heavy atom. The Labute approximate surface area is 125 Å². The van der Waals surface area contributed by atoms with Crippen LogP contribution < -0.4 is 10.6 Å². The van der Waals surface area contributed by atoms with Gasteiger partial charge < -0.3 is 19.8 Å². The summed E-state index contributed by atoms with van der Waals surface area (Å²) in [5, 5.41) is 6.56. The van der Waals surface area contributed by atoms with Crippen LogP contribution >= 0.6 is 0 Å². The average molecular weight is 292 g/mol. The summed E-state index contributed by atoms with van der Waals surface area (Å²) in [6, 6.07) is 4.48. The van der Waals surface area contributed by atoms with Crippen LogP contribution in [0.2, 0.25) is 0 Å². The van der Waals surface area contributed by atoms with E-state index < -0.39 is 0 Å². The van der Waals surface area contributed by atoms with Crippen LogP contribution in [0, 0.1) is 0 Å². The summed E-state index contributed by atoms with van der Waals surface area (Å²) in [6.07, 6.45) is 4.50. The van der Waals surface area contributed by atoms with Gasteiger partial charge in [-0.25, -0.2) is 0 Å². The van der Waals surface area contributed by atoms with Crippen molar-refractivity contribution in [1.82, 2.24) is 15.5 Å². The van der Waals surface area contributed by atoms with Gasteiger partial charge in [-0.1, -0.05) is 0 Å². The van der Waals surface area contributed by atoms with E-state index in [1.165, 1.54) is 19.4 Å². The van der Waals surface area contributed by atoms with E-state index in [1.807, 2.05) is 12.1 Å². The summed E-state index contributed by atoms with van der Waals surface area (Å²) in [4.78, 5) is 6.77. The third-order valence-corrected chi connectivity index (χ3v) is 4.19. The molecule has 2 fully saturated rings. The average Bonchev–Trinajstić information content (AvgIpc) is 3.18. The Balaban J connectivity index is 1.40. The minimum Gasteiger partial charge on any atom is -0.467 e. The molecule has 3 heterocycles. The van der Waals surface area contributed by atoms with E-state index in [0.717, 1.165) is 31.4 Å². The predicted octanol–water partition coefficient (Wildman–Crippen LogP) is 0.808. The first-order valence-electron chi connectivity index (χ1n) is 7.67. The molecule has 0 amide bonds. The van der Waals surface area contributed by atoms with Crippen molar-refractivity contribution in [3.05, 3.63) is 24.2 Å². The zero-order chi connectivity index (χ0) is 14.5. The molecule has 0 radical (unpaired) electrons. The largest absolute Gasteiger partial charge is 0.467 e. The van der Waals surface area contributed by atoms with E-state index in [9.17, 15) is 0 Å². The van der Waals surface area contributed by atoms with Gasteiger partial charge in [0.05, 0.1) is 25.5 Å². The van der Waals surface area contributed by atoms with Gasteiger partial charge >= 0.3 is 0 Å². The van der Waals surface area contributed by atoms with Crippen molar-refractivity contribution < 1.29 is 9.15 Å². The number of hydrogen-bond donors (Lipinski definition) is 2. The van der Waals surface area contributed by atoms with E-state index in [2.05, 4.69) is 20.5 Å². The Bertz CT molecular complexity index is 460.